The molecular weight excluding hydrogens is 401 g/mol. The number of fused-ring (bicyclic) bond motifs is 1. The van der Waals surface area contributed by atoms with Gasteiger partial charge >= 0.3 is 6.18 Å². The number of alkyl halides is 3. The second-order valence-electron chi connectivity index (χ2n) is 7.91. The van der Waals surface area contributed by atoms with Gasteiger partial charge in [0, 0.05) is 17.4 Å². The summed E-state index contributed by atoms with van der Waals surface area (Å²) in [6.45, 7) is 4.75. The van der Waals surface area contributed by atoms with E-state index in [2.05, 4.69) is 16.9 Å². The molecule has 0 unspecified atom stereocenters. The van der Waals surface area contributed by atoms with Crippen LogP contribution in [0.2, 0.25) is 0 Å². The quantitative estimate of drug-likeness (QED) is 0.317. The maximum absolute atomic E-state index is 13.3. The maximum Gasteiger partial charge on any atom is 0.451 e. The number of para-hydroxylation sites is 1. The Kier molecular flexibility index (Phi) is 7.88. The lowest BCUT2D eigenvalue weighted by atomic mass is 10.0. The Morgan fingerprint density at radius 3 is 2.42 bits per heavy atom. The molecule has 0 saturated heterocycles. The molecule has 0 aliphatic carbocycles. The highest BCUT2D eigenvalue weighted by molar-refractivity contribution is 5.81. The fraction of sp³-hybridized carbons (Fsp3) is 0.440. The third-order valence-corrected chi connectivity index (χ3v) is 5.27. The number of aryl methyl sites for hydroxylation is 1. The summed E-state index contributed by atoms with van der Waals surface area (Å²) in [5.41, 5.74) is 2.51. The molecule has 0 atom stereocenters. The van der Waals surface area contributed by atoms with Crippen LogP contribution in [0.1, 0.15) is 68.1 Å². The molecule has 1 heterocycles. The molecule has 0 radical (unpaired) electrons. The van der Waals surface area contributed by atoms with Gasteiger partial charge in [-0.25, -0.2) is 9.97 Å². The molecule has 6 heteroatoms. The number of aromatic nitrogens is 2. The molecule has 1 aromatic heterocycles. The highest BCUT2D eigenvalue weighted by Crippen LogP contribution is 2.31. The summed E-state index contributed by atoms with van der Waals surface area (Å²) in [6.07, 6.45) is 2.66. The van der Waals surface area contributed by atoms with E-state index < -0.39 is 12.0 Å². The SMILES string of the molecule is CCCCCCCCOc1ccc(C)cc1Cc1nc(C(F)(F)F)nc2ccccc12. The first-order valence-corrected chi connectivity index (χ1v) is 10.9. The molecule has 3 nitrogen and oxygen atoms in total. The van der Waals surface area contributed by atoms with Crippen LogP contribution >= 0.6 is 0 Å². The number of nitrogens with zero attached hydrogens (tertiary/aromatic N) is 2. The van der Waals surface area contributed by atoms with Crippen molar-refractivity contribution in [2.24, 2.45) is 0 Å². The van der Waals surface area contributed by atoms with Crippen LogP contribution < -0.4 is 4.74 Å². The summed E-state index contributed by atoms with van der Waals surface area (Å²) in [5.74, 6) is -0.404. The van der Waals surface area contributed by atoms with Gasteiger partial charge in [-0.15, -0.1) is 0 Å². The number of hydrogen-bond donors (Lipinski definition) is 0. The fourth-order valence-electron chi connectivity index (χ4n) is 3.64. The Balaban J connectivity index is 1.81. The van der Waals surface area contributed by atoms with Gasteiger partial charge in [-0.05, 0) is 25.5 Å². The van der Waals surface area contributed by atoms with Gasteiger partial charge in [-0.1, -0.05) is 74.9 Å². The van der Waals surface area contributed by atoms with E-state index in [1.54, 1.807) is 24.3 Å². The predicted molar refractivity (Wildman–Crippen MR) is 117 cm³/mol. The van der Waals surface area contributed by atoms with Gasteiger partial charge in [0.25, 0.3) is 0 Å². The second-order valence-corrected chi connectivity index (χ2v) is 7.91. The van der Waals surface area contributed by atoms with E-state index in [9.17, 15) is 13.2 Å². The third kappa shape index (κ3) is 6.42. The van der Waals surface area contributed by atoms with Crippen molar-refractivity contribution in [2.75, 3.05) is 6.61 Å². The lowest BCUT2D eigenvalue weighted by Crippen LogP contribution is -2.13. The third-order valence-electron chi connectivity index (χ3n) is 5.27. The van der Waals surface area contributed by atoms with Gasteiger partial charge in [0.05, 0.1) is 17.8 Å². The number of benzene rings is 2. The molecule has 2 aromatic carbocycles. The van der Waals surface area contributed by atoms with E-state index in [-0.39, 0.29) is 6.42 Å². The summed E-state index contributed by atoms with van der Waals surface area (Å²) in [7, 11) is 0. The van der Waals surface area contributed by atoms with Gasteiger partial charge in [0.1, 0.15) is 5.75 Å². The van der Waals surface area contributed by atoms with Crippen LogP contribution in [0.5, 0.6) is 5.75 Å². The monoisotopic (exact) mass is 430 g/mol. The van der Waals surface area contributed by atoms with Crippen LogP contribution in [0.4, 0.5) is 13.2 Å². The zero-order chi connectivity index (χ0) is 22.3. The highest BCUT2D eigenvalue weighted by Gasteiger charge is 2.35. The van der Waals surface area contributed by atoms with Gasteiger partial charge in [0.2, 0.25) is 5.82 Å². The van der Waals surface area contributed by atoms with Crippen molar-refractivity contribution in [1.82, 2.24) is 9.97 Å². The lowest BCUT2D eigenvalue weighted by Gasteiger charge is -2.14. The van der Waals surface area contributed by atoms with Crippen LogP contribution in [-0.4, -0.2) is 16.6 Å². The first-order valence-electron chi connectivity index (χ1n) is 10.9. The topological polar surface area (TPSA) is 35.0 Å². The molecule has 3 rings (SSSR count). The van der Waals surface area contributed by atoms with Crippen molar-refractivity contribution in [3.8, 4) is 5.75 Å². The first kappa shape index (κ1) is 23.0. The Morgan fingerprint density at radius 1 is 0.903 bits per heavy atom. The van der Waals surface area contributed by atoms with Crippen LogP contribution in [0, 0.1) is 6.92 Å². The van der Waals surface area contributed by atoms with Crippen molar-refractivity contribution >= 4 is 10.9 Å². The number of unbranched alkanes of at least 4 members (excludes halogenated alkanes) is 5. The van der Waals surface area contributed by atoms with Crippen molar-refractivity contribution in [2.45, 2.75) is 65.0 Å². The molecule has 0 bridgehead atoms. The molecule has 31 heavy (non-hydrogen) atoms. The normalized spacial score (nSPS) is 11.8. The van der Waals surface area contributed by atoms with Crippen molar-refractivity contribution in [3.63, 3.8) is 0 Å². The van der Waals surface area contributed by atoms with E-state index in [1.165, 1.54) is 25.7 Å². The van der Waals surface area contributed by atoms with E-state index in [4.69, 9.17) is 4.74 Å². The number of ether oxygens (including phenoxy) is 1. The molecule has 0 aliphatic heterocycles. The summed E-state index contributed by atoms with van der Waals surface area (Å²) in [4.78, 5) is 7.60. The molecule has 0 fully saturated rings. The minimum absolute atomic E-state index is 0.250. The summed E-state index contributed by atoms with van der Waals surface area (Å²) < 4.78 is 46.0. The van der Waals surface area contributed by atoms with Gasteiger partial charge in [-0.2, -0.15) is 13.2 Å². The van der Waals surface area contributed by atoms with Crippen LogP contribution in [0.25, 0.3) is 10.9 Å². The van der Waals surface area contributed by atoms with Crippen LogP contribution in [0.3, 0.4) is 0 Å². The molecule has 166 valence electrons. The molecule has 0 N–H and O–H groups in total. The Morgan fingerprint density at radius 2 is 1.65 bits per heavy atom. The summed E-state index contributed by atoms with van der Waals surface area (Å²) in [6, 6.07) is 12.6. The number of hydrogen-bond acceptors (Lipinski definition) is 3. The average molecular weight is 431 g/mol. The highest BCUT2D eigenvalue weighted by atomic mass is 19.4. The Labute approximate surface area is 181 Å². The van der Waals surface area contributed by atoms with Gasteiger partial charge in [-0.3, -0.25) is 0 Å². The summed E-state index contributed by atoms with van der Waals surface area (Å²) >= 11 is 0. The fourth-order valence-corrected chi connectivity index (χ4v) is 3.64. The lowest BCUT2D eigenvalue weighted by molar-refractivity contribution is -0.144. The molecule has 0 amide bonds. The molecule has 0 saturated carbocycles. The van der Waals surface area contributed by atoms with Crippen molar-refractivity contribution in [3.05, 3.63) is 65.1 Å². The largest absolute Gasteiger partial charge is 0.493 e. The van der Waals surface area contributed by atoms with Crippen molar-refractivity contribution < 1.29 is 17.9 Å². The molecule has 3 aromatic rings. The zero-order valence-corrected chi connectivity index (χ0v) is 18.1. The zero-order valence-electron chi connectivity index (χ0n) is 18.1. The average Bonchev–Trinajstić information content (AvgIpc) is 2.73. The van der Waals surface area contributed by atoms with Gasteiger partial charge in [0.15, 0.2) is 0 Å². The first-order chi connectivity index (χ1) is 14.9. The number of halogens is 3. The Bertz CT molecular complexity index is 1000. The maximum atomic E-state index is 13.3. The molecule has 0 spiro atoms. The number of rotatable bonds is 10. The molecular formula is C25H29F3N2O. The Hall–Kier alpha value is -2.63. The van der Waals surface area contributed by atoms with Gasteiger partial charge < -0.3 is 4.74 Å². The van der Waals surface area contributed by atoms with E-state index >= 15 is 0 Å². The second kappa shape index (κ2) is 10.6. The van der Waals surface area contributed by atoms with Crippen LogP contribution in [0.15, 0.2) is 42.5 Å². The minimum Gasteiger partial charge on any atom is -0.493 e. The molecule has 0 aliphatic rings. The smallest absolute Gasteiger partial charge is 0.451 e. The van der Waals surface area contributed by atoms with Crippen molar-refractivity contribution in [1.29, 1.82) is 0 Å². The van der Waals surface area contributed by atoms with E-state index in [0.717, 1.165) is 24.0 Å². The van der Waals surface area contributed by atoms with E-state index in [1.807, 2.05) is 25.1 Å². The minimum atomic E-state index is -4.59. The predicted octanol–water partition coefficient (Wildman–Crippen LogP) is 7.29. The van der Waals surface area contributed by atoms with Crippen LogP contribution in [-0.2, 0) is 12.6 Å². The summed E-state index contributed by atoms with van der Waals surface area (Å²) in [5, 5.41) is 0.624. The van der Waals surface area contributed by atoms with E-state index in [0.29, 0.717) is 29.0 Å². The standard InChI is InChI=1S/C25H29F3N2O/c1-3-4-5-6-7-10-15-31-23-14-13-18(2)16-19(23)17-22-20-11-8-9-12-21(20)29-24(30-22)25(26,27)28/h8-9,11-14,16H,3-7,10,15,17H2,1-2H3.